The van der Waals surface area contributed by atoms with Crippen LogP contribution in [0, 0.1) is 12.8 Å². The molecule has 106 valence electrons. The molecule has 0 radical (unpaired) electrons. The molecule has 1 aromatic heterocycles. The third-order valence-electron chi connectivity index (χ3n) is 4.45. The highest BCUT2D eigenvalue weighted by Gasteiger charge is 2.20. The van der Waals surface area contributed by atoms with Crippen LogP contribution in [0.1, 0.15) is 69.0 Å². The first-order valence-corrected chi connectivity index (χ1v) is 7.95. The zero-order valence-corrected chi connectivity index (χ0v) is 12.5. The van der Waals surface area contributed by atoms with Crippen LogP contribution in [0.4, 0.5) is 0 Å². The largest absolute Gasteiger partial charge is 0.310 e. The first kappa shape index (κ1) is 14.5. The minimum Gasteiger partial charge on any atom is -0.310 e. The van der Waals surface area contributed by atoms with Gasteiger partial charge in [0.25, 0.3) is 0 Å². The summed E-state index contributed by atoms with van der Waals surface area (Å²) in [4.78, 5) is 4.32. The molecule has 0 saturated heterocycles. The van der Waals surface area contributed by atoms with Crippen LogP contribution in [-0.2, 0) is 0 Å². The maximum absolute atomic E-state index is 4.32. The van der Waals surface area contributed by atoms with Crippen molar-refractivity contribution in [3.63, 3.8) is 0 Å². The summed E-state index contributed by atoms with van der Waals surface area (Å²) in [5, 5.41) is 3.67. The van der Waals surface area contributed by atoms with Gasteiger partial charge in [-0.05, 0) is 43.0 Å². The fourth-order valence-electron chi connectivity index (χ4n) is 3.34. The van der Waals surface area contributed by atoms with Crippen LogP contribution in [0.15, 0.2) is 18.5 Å². The summed E-state index contributed by atoms with van der Waals surface area (Å²) >= 11 is 0. The highest BCUT2D eigenvalue weighted by atomic mass is 14.9. The molecule has 1 aliphatic carbocycles. The van der Waals surface area contributed by atoms with E-state index in [4.69, 9.17) is 0 Å². The minimum atomic E-state index is 0.488. The molecule has 1 unspecified atom stereocenters. The van der Waals surface area contributed by atoms with E-state index in [1.165, 1.54) is 56.1 Å². The maximum Gasteiger partial charge on any atom is 0.0340 e. The van der Waals surface area contributed by atoms with E-state index >= 15 is 0 Å². The Labute approximate surface area is 118 Å². The predicted octanol–water partition coefficient (Wildman–Crippen LogP) is 4.40. The molecule has 0 spiro atoms. The molecule has 1 saturated carbocycles. The Balaban J connectivity index is 2.05. The van der Waals surface area contributed by atoms with Gasteiger partial charge < -0.3 is 5.32 Å². The molecule has 2 rings (SSSR count). The second-order valence-corrected chi connectivity index (χ2v) is 5.94. The number of nitrogens with zero attached hydrogens (tertiary/aromatic N) is 1. The van der Waals surface area contributed by atoms with Gasteiger partial charge in [-0.3, -0.25) is 4.98 Å². The van der Waals surface area contributed by atoms with Crippen LogP contribution >= 0.6 is 0 Å². The van der Waals surface area contributed by atoms with E-state index in [-0.39, 0.29) is 0 Å². The molecule has 0 aromatic carbocycles. The molecule has 0 aliphatic heterocycles. The van der Waals surface area contributed by atoms with E-state index < -0.39 is 0 Å². The van der Waals surface area contributed by atoms with Gasteiger partial charge in [0.15, 0.2) is 0 Å². The molecule has 19 heavy (non-hydrogen) atoms. The summed E-state index contributed by atoms with van der Waals surface area (Å²) in [5.74, 6) is 0.895. The lowest BCUT2D eigenvalue weighted by molar-refractivity contribution is 0.358. The summed E-state index contributed by atoms with van der Waals surface area (Å²) in [6, 6.07) is 2.62. The topological polar surface area (TPSA) is 24.9 Å². The zero-order chi connectivity index (χ0) is 13.5. The van der Waals surface area contributed by atoms with E-state index in [0.29, 0.717) is 6.04 Å². The molecule has 2 nitrogen and oxygen atoms in total. The van der Waals surface area contributed by atoms with E-state index in [2.05, 4.69) is 36.4 Å². The zero-order valence-electron chi connectivity index (χ0n) is 12.5. The molecule has 1 N–H and O–H groups in total. The molecular weight excluding hydrogens is 232 g/mol. The van der Waals surface area contributed by atoms with Gasteiger partial charge in [0.1, 0.15) is 0 Å². The van der Waals surface area contributed by atoms with Crippen molar-refractivity contribution < 1.29 is 0 Å². The SMILES string of the molecule is CCNC(CC1CCCCCC1)c1cnccc1C. The highest BCUT2D eigenvalue weighted by Crippen LogP contribution is 2.31. The highest BCUT2D eigenvalue weighted by molar-refractivity contribution is 5.25. The third kappa shape index (κ3) is 4.31. The molecular formula is C17H28N2. The van der Waals surface area contributed by atoms with Gasteiger partial charge in [-0.1, -0.05) is 45.4 Å². The summed E-state index contributed by atoms with van der Waals surface area (Å²) in [6.07, 6.45) is 13.8. The quantitative estimate of drug-likeness (QED) is 0.794. The smallest absolute Gasteiger partial charge is 0.0340 e. The van der Waals surface area contributed by atoms with Gasteiger partial charge >= 0.3 is 0 Å². The van der Waals surface area contributed by atoms with Crippen molar-refractivity contribution >= 4 is 0 Å². The van der Waals surface area contributed by atoms with E-state index in [0.717, 1.165) is 12.5 Å². The molecule has 1 heterocycles. The van der Waals surface area contributed by atoms with Crippen molar-refractivity contribution in [3.05, 3.63) is 29.6 Å². The lowest BCUT2D eigenvalue weighted by Gasteiger charge is -2.24. The third-order valence-corrected chi connectivity index (χ3v) is 4.45. The van der Waals surface area contributed by atoms with Gasteiger partial charge in [-0.25, -0.2) is 0 Å². The Morgan fingerprint density at radius 1 is 1.26 bits per heavy atom. The number of nitrogens with one attached hydrogen (secondary N) is 1. The summed E-state index contributed by atoms with van der Waals surface area (Å²) in [5.41, 5.74) is 2.77. The van der Waals surface area contributed by atoms with Crippen LogP contribution in [0.2, 0.25) is 0 Å². The van der Waals surface area contributed by atoms with Crippen molar-refractivity contribution in [2.45, 2.75) is 64.8 Å². The van der Waals surface area contributed by atoms with Crippen molar-refractivity contribution in [2.75, 3.05) is 6.54 Å². The average molecular weight is 260 g/mol. The van der Waals surface area contributed by atoms with Crippen LogP contribution in [-0.4, -0.2) is 11.5 Å². The number of pyridine rings is 1. The van der Waals surface area contributed by atoms with Crippen molar-refractivity contribution in [3.8, 4) is 0 Å². The molecule has 0 bridgehead atoms. The van der Waals surface area contributed by atoms with Gasteiger partial charge in [0, 0.05) is 18.4 Å². The second kappa shape index (κ2) is 7.64. The van der Waals surface area contributed by atoms with Crippen LogP contribution in [0.3, 0.4) is 0 Å². The Morgan fingerprint density at radius 2 is 2.00 bits per heavy atom. The number of hydrogen-bond donors (Lipinski definition) is 1. The first-order chi connectivity index (χ1) is 9.31. The van der Waals surface area contributed by atoms with E-state index in [1.54, 1.807) is 0 Å². The fraction of sp³-hybridized carbons (Fsp3) is 0.706. The molecule has 2 heteroatoms. The number of aromatic nitrogens is 1. The first-order valence-electron chi connectivity index (χ1n) is 7.95. The molecule has 1 atom stereocenters. The minimum absolute atomic E-state index is 0.488. The number of rotatable bonds is 5. The van der Waals surface area contributed by atoms with Crippen molar-refractivity contribution in [1.82, 2.24) is 10.3 Å². The standard InChI is InChI=1S/C17H28N2/c1-3-19-17(16-13-18-11-10-14(16)2)12-15-8-6-4-5-7-9-15/h10-11,13,15,17,19H,3-9,12H2,1-2H3. The van der Waals surface area contributed by atoms with Gasteiger partial charge in [0.05, 0.1) is 0 Å². The molecule has 1 aliphatic rings. The Hall–Kier alpha value is -0.890. The Morgan fingerprint density at radius 3 is 2.63 bits per heavy atom. The van der Waals surface area contributed by atoms with Crippen LogP contribution < -0.4 is 5.32 Å². The molecule has 1 aromatic rings. The average Bonchev–Trinajstić information content (AvgIpc) is 2.67. The monoisotopic (exact) mass is 260 g/mol. The number of aryl methyl sites for hydroxylation is 1. The van der Waals surface area contributed by atoms with Gasteiger partial charge in [-0.15, -0.1) is 0 Å². The summed E-state index contributed by atoms with van der Waals surface area (Å²) in [7, 11) is 0. The van der Waals surface area contributed by atoms with E-state index in [1.807, 2.05) is 6.20 Å². The maximum atomic E-state index is 4.32. The Bertz CT molecular complexity index is 367. The summed E-state index contributed by atoms with van der Waals surface area (Å²) in [6.45, 7) is 5.44. The van der Waals surface area contributed by atoms with Gasteiger partial charge in [0.2, 0.25) is 0 Å². The van der Waals surface area contributed by atoms with Crippen molar-refractivity contribution in [1.29, 1.82) is 0 Å². The second-order valence-electron chi connectivity index (χ2n) is 5.94. The predicted molar refractivity (Wildman–Crippen MR) is 81.2 cm³/mol. The summed E-state index contributed by atoms with van der Waals surface area (Å²) < 4.78 is 0. The molecule has 1 fully saturated rings. The lowest BCUT2D eigenvalue weighted by Crippen LogP contribution is -2.24. The number of hydrogen-bond acceptors (Lipinski definition) is 2. The lowest BCUT2D eigenvalue weighted by atomic mass is 9.89. The van der Waals surface area contributed by atoms with Gasteiger partial charge in [-0.2, -0.15) is 0 Å². The fourth-order valence-corrected chi connectivity index (χ4v) is 3.34. The molecule has 0 amide bonds. The van der Waals surface area contributed by atoms with E-state index in [9.17, 15) is 0 Å². The Kier molecular flexibility index (Phi) is 5.84. The van der Waals surface area contributed by atoms with Crippen molar-refractivity contribution in [2.24, 2.45) is 5.92 Å². The normalized spacial score (nSPS) is 19.1. The van der Waals surface area contributed by atoms with Crippen LogP contribution in [0.5, 0.6) is 0 Å². The van der Waals surface area contributed by atoms with Crippen LogP contribution in [0.25, 0.3) is 0 Å².